The molecule has 6 atom stereocenters. The molecule has 0 aromatic heterocycles. The second-order valence-electron chi connectivity index (χ2n) is 6.94. The van der Waals surface area contributed by atoms with Crippen molar-refractivity contribution >= 4 is 23.6 Å². The second kappa shape index (κ2) is 7.24. The van der Waals surface area contributed by atoms with Crippen molar-refractivity contribution in [3.05, 3.63) is 10.6 Å². The van der Waals surface area contributed by atoms with Crippen LogP contribution in [-0.2, 0) is 9.59 Å². The number of likely N-dealkylation sites (N-methyl/N-ethyl adjacent to an activating group) is 1. The number of carbonyl (C=O) groups is 2. The summed E-state index contributed by atoms with van der Waals surface area (Å²) in [6.07, 6.45) is -0.0495. The summed E-state index contributed by atoms with van der Waals surface area (Å²) in [5.41, 5.74) is 0.0659. The fourth-order valence-electron chi connectivity index (χ4n) is 4.00. The summed E-state index contributed by atoms with van der Waals surface area (Å²) in [5, 5.41) is 35.8. The minimum Gasteiger partial charge on any atom is -0.477 e. The SMILES string of the molecule is CNC[C@@H](O)[C@@H]1C[C@H](SC2=C(C(=O)O)N3C(=O)[C@H]([C@@H](C)O)[C@H]3C2)CN1. The van der Waals surface area contributed by atoms with E-state index in [2.05, 4.69) is 10.6 Å². The summed E-state index contributed by atoms with van der Waals surface area (Å²) < 4.78 is 0. The lowest BCUT2D eigenvalue weighted by Gasteiger charge is -2.44. The van der Waals surface area contributed by atoms with Gasteiger partial charge >= 0.3 is 5.97 Å². The molecule has 25 heavy (non-hydrogen) atoms. The number of nitrogens with zero attached hydrogens (tertiary/aromatic N) is 1. The number of aliphatic hydroxyl groups excluding tert-OH is 2. The Labute approximate surface area is 150 Å². The Morgan fingerprint density at radius 3 is 2.80 bits per heavy atom. The lowest BCUT2D eigenvalue weighted by molar-refractivity contribution is -0.161. The number of carboxylic acids is 1. The van der Waals surface area contributed by atoms with Crippen LogP contribution < -0.4 is 10.6 Å². The lowest BCUT2D eigenvalue weighted by Crippen LogP contribution is -2.61. The zero-order valence-electron chi connectivity index (χ0n) is 14.3. The Balaban J connectivity index is 1.68. The Hall–Kier alpha value is -1.13. The van der Waals surface area contributed by atoms with Crippen LogP contribution in [0.2, 0.25) is 0 Å². The number of rotatable bonds is 7. The van der Waals surface area contributed by atoms with Gasteiger partial charge in [0.15, 0.2) is 0 Å². The molecule has 1 amide bonds. The molecule has 3 aliphatic heterocycles. The third-order valence-electron chi connectivity index (χ3n) is 5.20. The number of amides is 1. The first-order valence-corrected chi connectivity index (χ1v) is 9.43. The third kappa shape index (κ3) is 3.31. The topological polar surface area (TPSA) is 122 Å². The fraction of sp³-hybridized carbons (Fsp3) is 0.750. The summed E-state index contributed by atoms with van der Waals surface area (Å²) in [6.45, 7) is 2.75. The van der Waals surface area contributed by atoms with E-state index in [4.69, 9.17) is 0 Å². The predicted molar refractivity (Wildman–Crippen MR) is 92.8 cm³/mol. The summed E-state index contributed by atoms with van der Waals surface area (Å²) in [7, 11) is 1.78. The molecule has 9 heteroatoms. The zero-order valence-corrected chi connectivity index (χ0v) is 15.1. The van der Waals surface area contributed by atoms with Crippen LogP contribution in [0.3, 0.4) is 0 Å². The first-order chi connectivity index (χ1) is 11.8. The Kier molecular flexibility index (Phi) is 5.40. The highest BCUT2D eigenvalue weighted by atomic mass is 32.2. The zero-order chi connectivity index (χ0) is 18.3. The molecule has 0 saturated carbocycles. The van der Waals surface area contributed by atoms with Gasteiger partial charge in [0.05, 0.1) is 24.2 Å². The van der Waals surface area contributed by atoms with Crippen molar-refractivity contribution in [2.75, 3.05) is 20.1 Å². The number of nitrogens with one attached hydrogen (secondary N) is 2. The van der Waals surface area contributed by atoms with Gasteiger partial charge in [-0.15, -0.1) is 11.8 Å². The smallest absolute Gasteiger partial charge is 0.353 e. The normalized spacial score (nSPS) is 34.1. The molecule has 0 radical (unpaired) electrons. The standard InChI is InChI=1S/C16H25N3O5S/c1-7(20)13-10-4-12(14(16(23)24)19(10)15(13)22)25-8-3-9(18-5-8)11(21)6-17-2/h7-11,13,17-18,20-21H,3-6H2,1-2H3,(H,23,24)/t7-,8+,9+,10-,11-,13-/m1/s1. The average Bonchev–Trinajstić information content (AvgIpc) is 3.10. The molecule has 5 N–H and O–H groups in total. The lowest BCUT2D eigenvalue weighted by atomic mass is 9.83. The first kappa shape index (κ1) is 18.7. The summed E-state index contributed by atoms with van der Waals surface area (Å²) in [5.74, 6) is -1.92. The van der Waals surface area contributed by atoms with Gasteiger partial charge in [-0.3, -0.25) is 4.79 Å². The van der Waals surface area contributed by atoms with Gasteiger partial charge in [0.25, 0.3) is 0 Å². The maximum atomic E-state index is 12.2. The van der Waals surface area contributed by atoms with Gasteiger partial charge in [-0.25, -0.2) is 4.79 Å². The molecule has 2 fully saturated rings. The minimum atomic E-state index is -1.10. The number of carbonyl (C=O) groups excluding carboxylic acids is 1. The Morgan fingerprint density at radius 1 is 1.48 bits per heavy atom. The molecular weight excluding hydrogens is 346 g/mol. The molecule has 0 aromatic rings. The van der Waals surface area contributed by atoms with Crippen molar-refractivity contribution in [2.24, 2.45) is 5.92 Å². The third-order valence-corrected chi connectivity index (χ3v) is 6.54. The van der Waals surface area contributed by atoms with Gasteiger partial charge in [-0.1, -0.05) is 0 Å². The molecule has 0 aromatic carbocycles. The molecule has 0 aliphatic carbocycles. The van der Waals surface area contributed by atoms with Gasteiger partial charge in [0, 0.05) is 35.7 Å². The summed E-state index contributed by atoms with van der Waals surface area (Å²) in [6, 6.07) is -0.273. The van der Waals surface area contributed by atoms with Crippen LogP contribution in [-0.4, -0.2) is 81.8 Å². The number of thioether (sulfide) groups is 1. The van der Waals surface area contributed by atoms with Crippen LogP contribution in [0.15, 0.2) is 10.6 Å². The molecule has 2 saturated heterocycles. The molecule has 0 bridgehead atoms. The summed E-state index contributed by atoms with van der Waals surface area (Å²) in [4.78, 5) is 25.9. The molecule has 3 heterocycles. The highest BCUT2D eigenvalue weighted by Crippen LogP contribution is 2.48. The minimum absolute atomic E-state index is 0.0240. The number of hydrogen-bond acceptors (Lipinski definition) is 7. The largest absolute Gasteiger partial charge is 0.477 e. The van der Waals surface area contributed by atoms with Gasteiger partial charge in [-0.2, -0.15) is 0 Å². The van der Waals surface area contributed by atoms with Crippen molar-refractivity contribution in [2.45, 2.75) is 49.3 Å². The quantitative estimate of drug-likeness (QED) is 0.359. The Bertz CT molecular complexity index is 596. The van der Waals surface area contributed by atoms with Crippen molar-refractivity contribution in [1.82, 2.24) is 15.5 Å². The molecule has 8 nitrogen and oxygen atoms in total. The maximum absolute atomic E-state index is 12.2. The number of carboxylic acid groups (broad SMARTS) is 1. The van der Waals surface area contributed by atoms with Crippen molar-refractivity contribution in [1.29, 1.82) is 0 Å². The van der Waals surface area contributed by atoms with E-state index in [1.54, 1.807) is 14.0 Å². The molecule has 0 spiro atoms. The van der Waals surface area contributed by atoms with Crippen LogP contribution in [0, 0.1) is 5.92 Å². The second-order valence-corrected chi connectivity index (χ2v) is 8.33. The molecule has 0 unspecified atom stereocenters. The number of aliphatic carboxylic acids is 1. The molecule has 3 aliphatic rings. The van der Waals surface area contributed by atoms with E-state index >= 15 is 0 Å². The monoisotopic (exact) mass is 371 g/mol. The van der Waals surface area contributed by atoms with E-state index < -0.39 is 24.1 Å². The van der Waals surface area contributed by atoms with E-state index in [0.29, 0.717) is 24.4 Å². The van der Waals surface area contributed by atoms with Gasteiger partial charge < -0.3 is 30.9 Å². The number of fused-ring (bicyclic) bond motifs is 1. The van der Waals surface area contributed by atoms with E-state index in [9.17, 15) is 24.9 Å². The number of β-lactam (4-membered cyclic amide) rings is 1. The average molecular weight is 371 g/mol. The van der Waals surface area contributed by atoms with Crippen molar-refractivity contribution < 1.29 is 24.9 Å². The Morgan fingerprint density at radius 2 is 2.20 bits per heavy atom. The first-order valence-electron chi connectivity index (χ1n) is 8.55. The van der Waals surface area contributed by atoms with Crippen LogP contribution in [0.1, 0.15) is 19.8 Å². The molecule has 140 valence electrons. The van der Waals surface area contributed by atoms with Gasteiger partial charge in [0.1, 0.15) is 5.70 Å². The van der Waals surface area contributed by atoms with Crippen molar-refractivity contribution in [3.8, 4) is 0 Å². The van der Waals surface area contributed by atoms with Crippen LogP contribution in [0.5, 0.6) is 0 Å². The fourth-order valence-corrected chi connectivity index (χ4v) is 5.45. The van der Waals surface area contributed by atoms with Gasteiger partial charge in [-0.05, 0) is 20.4 Å². The number of hydrogen-bond donors (Lipinski definition) is 5. The van der Waals surface area contributed by atoms with Gasteiger partial charge in [0.2, 0.25) is 5.91 Å². The molecular formula is C16H25N3O5S. The number of aliphatic hydroxyl groups is 2. The maximum Gasteiger partial charge on any atom is 0.353 e. The van der Waals surface area contributed by atoms with E-state index in [1.165, 1.54) is 16.7 Å². The highest BCUT2D eigenvalue weighted by Gasteiger charge is 2.57. The highest BCUT2D eigenvalue weighted by molar-refractivity contribution is 8.03. The molecule has 3 rings (SSSR count). The van der Waals surface area contributed by atoms with E-state index in [0.717, 1.165) is 6.42 Å². The van der Waals surface area contributed by atoms with E-state index in [1.807, 2.05) is 0 Å². The summed E-state index contributed by atoms with van der Waals surface area (Å²) >= 11 is 1.48. The van der Waals surface area contributed by atoms with Crippen LogP contribution in [0.25, 0.3) is 0 Å². The predicted octanol–water partition coefficient (Wildman–Crippen LogP) is -1.06. The van der Waals surface area contributed by atoms with E-state index in [-0.39, 0.29) is 28.9 Å². The van der Waals surface area contributed by atoms with Crippen LogP contribution in [0.4, 0.5) is 0 Å². The van der Waals surface area contributed by atoms with Crippen LogP contribution >= 0.6 is 11.8 Å². The van der Waals surface area contributed by atoms with Crippen molar-refractivity contribution in [3.63, 3.8) is 0 Å².